The molecular formula is C29H36ClN11O2. The van der Waals surface area contributed by atoms with Crippen molar-refractivity contribution in [3.8, 4) is 12.1 Å². The molecule has 3 fully saturated rings. The van der Waals surface area contributed by atoms with Crippen LogP contribution in [0.5, 0.6) is 0 Å². The summed E-state index contributed by atoms with van der Waals surface area (Å²) in [6.07, 6.45) is 9.04. The summed E-state index contributed by atoms with van der Waals surface area (Å²) in [4.78, 5) is 20.4. The van der Waals surface area contributed by atoms with Gasteiger partial charge in [-0.05, 0) is 57.6 Å². The summed E-state index contributed by atoms with van der Waals surface area (Å²) in [7, 11) is 0. The number of nitrogens with zero attached hydrogens (tertiary/aromatic N) is 7. The smallest absolute Gasteiger partial charge is 0.409 e. The maximum absolute atomic E-state index is 12.0. The number of carbonyl (C=O) groups is 1. The minimum absolute atomic E-state index is 0.222. The Labute approximate surface area is 255 Å². The first kappa shape index (κ1) is 28.8. The second kappa shape index (κ2) is 12.5. The highest BCUT2D eigenvalue weighted by Gasteiger charge is 2.30. The number of fused-ring (bicyclic) bond motifs is 1. The maximum Gasteiger partial charge on any atom is 0.409 e. The fourth-order valence-electron chi connectivity index (χ4n) is 5.83. The van der Waals surface area contributed by atoms with E-state index in [2.05, 4.69) is 43.6 Å². The van der Waals surface area contributed by atoms with Gasteiger partial charge in [-0.3, -0.25) is 5.43 Å². The van der Waals surface area contributed by atoms with Gasteiger partial charge in [0.15, 0.2) is 11.5 Å². The lowest BCUT2D eigenvalue weighted by atomic mass is 9.99. The van der Waals surface area contributed by atoms with Crippen molar-refractivity contribution in [2.45, 2.75) is 63.6 Å². The Morgan fingerprint density at radius 2 is 1.79 bits per heavy atom. The number of piperidine rings is 2. The average Bonchev–Trinajstić information content (AvgIpc) is 3.74. The lowest BCUT2D eigenvalue weighted by molar-refractivity contribution is 0.0938. The van der Waals surface area contributed by atoms with E-state index >= 15 is 0 Å². The Kier molecular flexibility index (Phi) is 8.36. The third-order valence-electron chi connectivity index (χ3n) is 8.27. The predicted molar refractivity (Wildman–Crippen MR) is 162 cm³/mol. The molecule has 0 unspecified atom stereocenters. The summed E-state index contributed by atoms with van der Waals surface area (Å²) in [5.41, 5.74) is 9.44. The molecule has 3 aliphatic heterocycles. The largest absolute Gasteiger partial charge is 0.450 e. The number of carbonyl (C=O) groups excluding carboxylic acids is 1. The second-order valence-electron chi connectivity index (χ2n) is 11.3. The van der Waals surface area contributed by atoms with E-state index in [1.165, 1.54) is 6.20 Å². The SMILES string of the molecule is CCOC(=O)N1CCC(NC2CCN(c3cc(C#N)cc(NN4C=C(NC5CC5)c5ncc(C#N)n5N4)c3Cl)CC2)CC1. The van der Waals surface area contributed by atoms with Crippen molar-refractivity contribution in [2.24, 2.45) is 0 Å². The molecule has 6 rings (SSSR count). The Morgan fingerprint density at radius 1 is 1.07 bits per heavy atom. The van der Waals surface area contributed by atoms with E-state index in [0.29, 0.717) is 65.6 Å². The Bertz CT molecular complexity index is 1460. The molecule has 4 heterocycles. The molecule has 1 saturated carbocycles. The van der Waals surface area contributed by atoms with Crippen molar-refractivity contribution in [3.63, 3.8) is 0 Å². The Hall–Kier alpha value is -4.33. The number of amides is 1. The van der Waals surface area contributed by atoms with E-state index < -0.39 is 0 Å². The van der Waals surface area contributed by atoms with Gasteiger partial charge >= 0.3 is 6.09 Å². The molecule has 43 heavy (non-hydrogen) atoms. The highest BCUT2D eigenvalue weighted by Crippen LogP contribution is 2.37. The van der Waals surface area contributed by atoms with Gasteiger partial charge in [0, 0.05) is 44.3 Å². The number of likely N-dealkylation sites (tertiary alicyclic amines) is 1. The zero-order valence-electron chi connectivity index (χ0n) is 24.1. The van der Waals surface area contributed by atoms with Gasteiger partial charge in [0.05, 0.1) is 47.0 Å². The first-order valence-corrected chi connectivity index (χ1v) is 15.3. The van der Waals surface area contributed by atoms with Gasteiger partial charge < -0.3 is 25.2 Å². The topological polar surface area (TPSA) is 150 Å². The summed E-state index contributed by atoms with van der Waals surface area (Å²) in [5, 5.41) is 28.8. The molecular weight excluding hydrogens is 570 g/mol. The number of halogens is 1. The number of ether oxygens (including phenoxy) is 1. The zero-order valence-corrected chi connectivity index (χ0v) is 24.9. The van der Waals surface area contributed by atoms with Crippen LogP contribution in [-0.4, -0.2) is 76.7 Å². The number of imidazole rings is 1. The molecule has 1 aliphatic carbocycles. The van der Waals surface area contributed by atoms with Gasteiger partial charge in [-0.25, -0.2) is 20.0 Å². The van der Waals surface area contributed by atoms with E-state index in [9.17, 15) is 15.3 Å². The number of nitriles is 2. The fraction of sp³-hybridized carbons (Fsp3) is 0.517. The number of nitrogens with one attached hydrogen (secondary N) is 4. The first-order valence-electron chi connectivity index (χ1n) is 14.9. The Morgan fingerprint density at radius 3 is 2.44 bits per heavy atom. The second-order valence-corrected chi connectivity index (χ2v) is 11.7. The highest BCUT2D eigenvalue weighted by atomic mass is 35.5. The minimum Gasteiger partial charge on any atom is -0.450 e. The summed E-state index contributed by atoms with van der Waals surface area (Å²) in [6.45, 7) is 5.24. The van der Waals surface area contributed by atoms with Crippen LogP contribution < -0.4 is 26.5 Å². The van der Waals surface area contributed by atoms with Crippen molar-refractivity contribution in [1.82, 2.24) is 30.3 Å². The molecule has 1 aromatic heterocycles. The summed E-state index contributed by atoms with van der Waals surface area (Å²) in [5.74, 6) is 0.625. The lowest BCUT2D eigenvalue weighted by Crippen LogP contribution is -2.50. The van der Waals surface area contributed by atoms with E-state index in [1.807, 2.05) is 19.2 Å². The van der Waals surface area contributed by atoms with Crippen LogP contribution >= 0.6 is 11.6 Å². The number of hydrogen-bond acceptors (Lipinski definition) is 11. The van der Waals surface area contributed by atoms with E-state index in [1.54, 1.807) is 20.8 Å². The van der Waals surface area contributed by atoms with Gasteiger partial charge in [-0.1, -0.05) is 11.6 Å². The quantitative estimate of drug-likeness (QED) is 0.351. The van der Waals surface area contributed by atoms with E-state index in [0.717, 1.165) is 63.0 Å². The Balaban J connectivity index is 1.10. The molecule has 14 heteroatoms. The number of anilines is 2. The molecule has 1 aromatic carbocycles. The van der Waals surface area contributed by atoms with Crippen LogP contribution in [0.25, 0.3) is 5.70 Å². The molecule has 0 spiro atoms. The fourth-order valence-corrected chi connectivity index (χ4v) is 6.10. The molecule has 0 radical (unpaired) electrons. The average molecular weight is 606 g/mol. The molecule has 2 aromatic rings. The van der Waals surface area contributed by atoms with Gasteiger partial charge in [0.25, 0.3) is 0 Å². The first-order chi connectivity index (χ1) is 20.9. The van der Waals surface area contributed by atoms with E-state index in [-0.39, 0.29) is 6.09 Å². The molecule has 13 nitrogen and oxygen atoms in total. The number of hydrazine groups is 2. The number of benzene rings is 1. The molecule has 4 N–H and O–H groups in total. The predicted octanol–water partition coefficient (Wildman–Crippen LogP) is 3.31. The van der Waals surface area contributed by atoms with Crippen molar-refractivity contribution in [1.29, 1.82) is 10.5 Å². The van der Waals surface area contributed by atoms with Crippen LogP contribution in [0.4, 0.5) is 16.2 Å². The zero-order chi connectivity index (χ0) is 29.9. The van der Waals surface area contributed by atoms with Gasteiger partial charge in [0.1, 0.15) is 11.8 Å². The minimum atomic E-state index is -0.222. The monoisotopic (exact) mass is 605 g/mol. The molecule has 4 aliphatic rings. The highest BCUT2D eigenvalue weighted by molar-refractivity contribution is 6.36. The van der Waals surface area contributed by atoms with Crippen LogP contribution in [0.3, 0.4) is 0 Å². The standard InChI is InChI=1S/C29H36ClN11O2/c1-2-43-29(42)39-11-7-22(8-12-39)34-21-5-9-38(10-6-21)26-14-19(15-31)13-24(27(26)30)36-40-18-25(35-20-3-4-20)28-33-17-23(16-32)41(28)37-40/h13-14,17-18,20-22,34-37H,2-12H2,1H3. The van der Waals surface area contributed by atoms with Crippen LogP contribution in [0.2, 0.25) is 5.02 Å². The van der Waals surface area contributed by atoms with E-state index in [4.69, 9.17) is 16.3 Å². The number of rotatable bonds is 8. The van der Waals surface area contributed by atoms with Crippen molar-refractivity contribution >= 4 is 34.8 Å². The van der Waals surface area contributed by atoms with Gasteiger partial charge in [0.2, 0.25) is 0 Å². The molecule has 0 atom stereocenters. The molecule has 1 amide bonds. The molecule has 0 bridgehead atoms. The number of aromatic nitrogens is 2. The van der Waals surface area contributed by atoms with Crippen molar-refractivity contribution < 1.29 is 9.53 Å². The van der Waals surface area contributed by atoms with Crippen LogP contribution in [-0.2, 0) is 4.74 Å². The van der Waals surface area contributed by atoms with Gasteiger partial charge in [-0.15, -0.1) is 0 Å². The van der Waals surface area contributed by atoms with Crippen LogP contribution in [0, 0.1) is 22.7 Å². The van der Waals surface area contributed by atoms with Crippen LogP contribution in [0.15, 0.2) is 24.5 Å². The third-order valence-corrected chi connectivity index (χ3v) is 8.67. The maximum atomic E-state index is 12.0. The summed E-state index contributed by atoms with van der Waals surface area (Å²) < 4.78 is 6.75. The van der Waals surface area contributed by atoms with Gasteiger partial charge in [-0.2, -0.15) is 15.6 Å². The van der Waals surface area contributed by atoms with Crippen molar-refractivity contribution in [2.75, 3.05) is 48.6 Å². The van der Waals surface area contributed by atoms with Crippen molar-refractivity contribution in [3.05, 3.63) is 46.6 Å². The molecule has 2 saturated heterocycles. The normalized spacial score (nSPS) is 19.1. The lowest BCUT2D eigenvalue weighted by Gasteiger charge is -2.38. The summed E-state index contributed by atoms with van der Waals surface area (Å²) in [6, 6.07) is 9.13. The third kappa shape index (κ3) is 6.38. The molecule has 226 valence electrons. The summed E-state index contributed by atoms with van der Waals surface area (Å²) >= 11 is 6.98. The van der Waals surface area contributed by atoms with Crippen LogP contribution in [0.1, 0.15) is 62.5 Å². The number of hydrogen-bond donors (Lipinski definition) is 4.